The van der Waals surface area contributed by atoms with Crippen LogP contribution in [0.15, 0.2) is 53.0 Å². The van der Waals surface area contributed by atoms with Crippen LogP contribution in [0.2, 0.25) is 0 Å². The van der Waals surface area contributed by atoms with E-state index in [0.717, 1.165) is 16.5 Å². The van der Waals surface area contributed by atoms with Crippen molar-refractivity contribution in [2.24, 2.45) is 0 Å². The van der Waals surface area contributed by atoms with E-state index in [1.54, 1.807) is 18.2 Å². The summed E-state index contributed by atoms with van der Waals surface area (Å²) in [6, 6.07) is 15.2. The third-order valence-electron chi connectivity index (χ3n) is 3.18. The van der Waals surface area contributed by atoms with Crippen molar-refractivity contribution in [1.82, 2.24) is 5.32 Å². The van der Waals surface area contributed by atoms with Gasteiger partial charge in [-0.05, 0) is 46.1 Å². The molecule has 0 bridgehead atoms. The van der Waals surface area contributed by atoms with Crippen LogP contribution in [0.1, 0.15) is 35.3 Å². The zero-order valence-electron chi connectivity index (χ0n) is 11.3. The number of benzene rings is 2. The SMILES string of the molecule is CCC(NC(=O)c1ccc(N)c(Br)c1)c1ccccc1. The highest BCUT2D eigenvalue weighted by molar-refractivity contribution is 9.10. The van der Waals surface area contributed by atoms with Crippen LogP contribution in [0.3, 0.4) is 0 Å². The van der Waals surface area contributed by atoms with Gasteiger partial charge in [-0.15, -0.1) is 0 Å². The Labute approximate surface area is 127 Å². The molecule has 0 aliphatic heterocycles. The zero-order chi connectivity index (χ0) is 14.5. The normalized spacial score (nSPS) is 11.9. The van der Waals surface area contributed by atoms with Crippen LogP contribution in [0, 0.1) is 0 Å². The van der Waals surface area contributed by atoms with Crippen LogP contribution in [0.4, 0.5) is 5.69 Å². The number of carbonyl (C=O) groups excluding carboxylic acids is 1. The van der Waals surface area contributed by atoms with Crippen LogP contribution in [0.25, 0.3) is 0 Å². The van der Waals surface area contributed by atoms with Crippen molar-refractivity contribution in [1.29, 1.82) is 0 Å². The van der Waals surface area contributed by atoms with Crippen LogP contribution >= 0.6 is 15.9 Å². The molecule has 0 aliphatic rings. The van der Waals surface area contributed by atoms with Gasteiger partial charge in [0, 0.05) is 15.7 Å². The fourth-order valence-electron chi connectivity index (χ4n) is 2.02. The molecule has 2 rings (SSSR count). The lowest BCUT2D eigenvalue weighted by atomic mass is 10.0. The Morgan fingerprint density at radius 3 is 2.55 bits per heavy atom. The van der Waals surface area contributed by atoms with Crippen LogP contribution in [0.5, 0.6) is 0 Å². The van der Waals surface area contributed by atoms with E-state index in [4.69, 9.17) is 5.73 Å². The molecule has 0 aliphatic carbocycles. The molecule has 0 radical (unpaired) electrons. The first-order valence-electron chi connectivity index (χ1n) is 6.52. The molecule has 0 saturated carbocycles. The highest BCUT2D eigenvalue weighted by Gasteiger charge is 2.14. The standard InChI is InChI=1S/C16H17BrN2O/c1-2-15(11-6-4-3-5-7-11)19-16(20)12-8-9-14(18)13(17)10-12/h3-10,15H,2,18H2,1H3,(H,19,20). The topological polar surface area (TPSA) is 55.1 Å². The maximum absolute atomic E-state index is 12.3. The van der Waals surface area contributed by atoms with E-state index in [-0.39, 0.29) is 11.9 Å². The predicted octanol–water partition coefficient (Wildman–Crippen LogP) is 3.91. The lowest BCUT2D eigenvalue weighted by Gasteiger charge is -2.17. The van der Waals surface area contributed by atoms with Gasteiger partial charge in [0.15, 0.2) is 0 Å². The monoisotopic (exact) mass is 332 g/mol. The summed E-state index contributed by atoms with van der Waals surface area (Å²) in [5.74, 6) is -0.0959. The summed E-state index contributed by atoms with van der Waals surface area (Å²) >= 11 is 3.34. The van der Waals surface area contributed by atoms with Crippen LogP contribution in [-0.2, 0) is 0 Å². The Morgan fingerprint density at radius 1 is 1.25 bits per heavy atom. The molecule has 104 valence electrons. The van der Waals surface area contributed by atoms with E-state index >= 15 is 0 Å². The Hall–Kier alpha value is -1.81. The molecule has 20 heavy (non-hydrogen) atoms. The summed E-state index contributed by atoms with van der Waals surface area (Å²) in [6.45, 7) is 2.05. The van der Waals surface area contributed by atoms with E-state index in [2.05, 4.69) is 28.2 Å². The second-order valence-electron chi connectivity index (χ2n) is 4.58. The minimum absolute atomic E-state index is 0.0139. The molecular weight excluding hydrogens is 316 g/mol. The molecule has 0 spiro atoms. The van der Waals surface area contributed by atoms with Crippen molar-refractivity contribution in [2.45, 2.75) is 19.4 Å². The number of nitrogens with one attached hydrogen (secondary N) is 1. The number of amides is 1. The first-order valence-corrected chi connectivity index (χ1v) is 7.32. The van der Waals surface area contributed by atoms with E-state index in [9.17, 15) is 4.79 Å². The molecule has 2 aromatic carbocycles. The smallest absolute Gasteiger partial charge is 0.251 e. The summed E-state index contributed by atoms with van der Waals surface area (Å²) in [4.78, 5) is 12.3. The zero-order valence-corrected chi connectivity index (χ0v) is 12.9. The fraction of sp³-hybridized carbons (Fsp3) is 0.188. The van der Waals surface area contributed by atoms with E-state index in [1.165, 1.54) is 0 Å². The maximum atomic E-state index is 12.3. The second kappa shape index (κ2) is 6.57. The molecule has 2 aromatic rings. The van der Waals surface area contributed by atoms with E-state index in [1.807, 2.05) is 30.3 Å². The Bertz CT molecular complexity index is 599. The van der Waals surface area contributed by atoms with E-state index < -0.39 is 0 Å². The molecular formula is C16H17BrN2O. The van der Waals surface area contributed by atoms with Crippen molar-refractivity contribution in [2.75, 3.05) is 5.73 Å². The number of hydrogen-bond acceptors (Lipinski definition) is 2. The van der Waals surface area contributed by atoms with Gasteiger partial charge in [-0.2, -0.15) is 0 Å². The van der Waals surface area contributed by atoms with Crippen molar-refractivity contribution in [3.05, 3.63) is 64.1 Å². The fourth-order valence-corrected chi connectivity index (χ4v) is 2.40. The lowest BCUT2D eigenvalue weighted by Crippen LogP contribution is -2.28. The molecule has 0 heterocycles. The van der Waals surface area contributed by atoms with Gasteiger partial charge < -0.3 is 11.1 Å². The summed E-state index contributed by atoms with van der Waals surface area (Å²) in [7, 11) is 0. The number of hydrogen-bond donors (Lipinski definition) is 2. The third kappa shape index (κ3) is 3.39. The molecule has 1 amide bonds. The Balaban J connectivity index is 2.15. The minimum Gasteiger partial charge on any atom is -0.398 e. The van der Waals surface area contributed by atoms with Gasteiger partial charge in [0.2, 0.25) is 0 Å². The van der Waals surface area contributed by atoms with Crippen molar-refractivity contribution < 1.29 is 4.79 Å². The molecule has 4 heteroatoms. The average molecular weight is 333 g/mol. The van der Waals surface area contributed by atoms with E-state index in [0.29, 0.717) is 11.3 Å². The minimum atomic E-state index is -0.0959. The second-order valence-corrected chi connectivity index (χ2v) is 5.44. The average Bonchev–Trinajstić information content (AvgIpc) is 2.48. The largest absolute Gasteiger partial charge is 0.398 e. The number of nitrogen functional groups attached to an aromatic ring is 1. The van der Waals surface area contributed by atoms with Crippen molar-refractivity contribution in [3.63, 3.8) is 0 Å². The third-order valence-corrected chi connectivity index (χ3v) is 3.86. The molecule has 1 unspecified atom stereocenters. The predicted molar refractivity (Wildman–Crippen MR) is 85.5 cm³/mol. The number of halogens is 1. The summed E-state index contributed by atoms with van der Waals surface area (Å²) in [5.41, 5.74) is 8.06. The van der Waals surface area contributed by atoms with Gasteiger partial charge in [-0.3, -0.25) is 4.79 Å². The summed E-state index contributed by atoms with van der Waals surface area (Å²) in [6.07, 6.45) is 0.839. The van der Waals surface area contributed by atoms with Crippen molar-refractivity contribution in [3.8, 4) is 0 Å². The Morgan fingerprint density at radius 2 is 1.95 bits per heavy atom. The van der Waals surface area contributed by atoms with Gasteiger partial charge in [-0.1, -0.05) is 37.3 Å². The maximum Gasteiger partial charge on any atom is 0.251 e. The number of rotatable bonds is 4. The number of carbonyl (C=O) groups is 1. The first-order chi connectivity index (χ1) is 9.61. The quantitative estimate of drug-likeness (QED) is 0.834. The number of nitrogens with two attached hydrogens (primary N) is 1. The van der Waals surface area contributed by atoms with Gasteiger partial charge >= 0.3 is 0 Å². The lowest BCUT2D eigenvalue weighted by molar-refractivity contribution is 0.0935. The molecule has 3 nitrogen and oxygen atoms in total. The Kier molecular flexibility index (Phi) is 4.79. The van der Waals surface area contributed by atoms with Gasteiger partial charge in [0.05, 0.1) is 6.04 Å². The van der Waals surface area contributed by atoms with Gasteiger partial charge in [0.1, 0.15) is 0 Å². The van der Waals surface area contributed by atoms with Crippen LogP contribution in [-0.4, -0.2) is 5.91 Å². The summed E-state index contributed by atoms with van der Waals surface area (Å²) < 4.78 is 0.734. The van der Waals surface area contributed by atoms with Gasteiger partial charge in [-0.25, -0.2) is 0 Å². The molecule has 0 aromatic heterocycles. The molecule has 0 saturated heterocycles. The van der Waals surface area contributed by atoms with Crippen LogP contribution < -0.4 is 11.1 Å². The highest BCUT2D eigenvalue weighted by Crippen LogP contribution is 2.22. The molecule has 1 atom stereocenters. The van der Waals surface area contributed by atoms with Gasteiger partial charge in [0.25, 0.3) is 5.91 Å². The number of anilines is 1. The highest BCUT2D eigenvalue weighted by atomic mass is 79.9. The molecule has 3 N–H and O–H groups in total. The first kappa shape index (κ1) is 14.6. The summed E-state index contributed by atoms with van der Waals surface area (Å²) in [5, 5.41) is 3.05. The van der Waals surface area contributed by atoms with Crippen molar-refractivity contribution >= 4 is 27.5 Å². The molecule has 0 fully saturated rings.